The van der Waals surface area contributed by atoms with E-state index in [2.05, 4.69) is 31.9 Å². The van der Waals surface area contributed by atoms with E-state index >= 15 is 0 Å². The van der Waals surface area contributed by atoms with E-state index in [1.165, 1.54) is 0 Å². The summed E-state index contributed by atoms with van der Waals surface area (Å²) in [4.78, 5) is 0.317. The largest absolute Gasteiger partial charge is 0.243 e. The Morgan fingerprint density at radius 1 is 0.655 bits per heavy atom. The zero-order valence-corrected chi connectivity index (χ0v) is 20.2. The Morgan fingerprint density at radius 3 is 1.41 bits per heavy atom. The van der Waals surface area contributed by atoms with Crippen LogP contribution in [0.2, 0.25) is 0 Å². The van der Waals surface area contributed by atoms with Gasteiger partial charge in [0.2, 0.25) is 10.0 Å². The highest BCUT2D eigenvalue weighted by Crippen LogP contribution is 2.22. The van der Waals surface area contributed by atoms with Crippen molar-refractivity contribution in [2.45, 2.75) is 35.6 Å². The summed E-state index contributed by atoms with van der Waals surface area (Å²) in [6, 6.07) is 23.1. The molecule has 0 atom stereocenters. The molecule has 0 saturated heterocycles. The van der Waals surface area contributed by atoms with Crippen LogP contribution >= 0.6 is 31.9 Å². The first-order valence-electron chi connectivity index (χ1n) is 9.27. The lowest BCUT2D eigenvalue weighted by Gasteiger charge is -2.23. The summed E-state index contributed by atoms with van der Waals surface area (Å²) in [5, 5.41) is 1.55. The molecule has 0 saturated carbocycles. The number of nitrogens with zero attached hydrogens (tertiary/aromatic N) is 1. The van der Waals surface area contributed by atoms with Crippen LogP contribution in [0.3, 0.4) is 0 Å². The Morgan fingerprint density at radius 2 is 1.03 bits per heavy atom. The normalized spacial score (nSPS) is 11.7. The van der Waals surface area contributed by atoms with Crippen LogP contribution in [0.1, 0.15) is 27.8 Å². The van der Waals surface area contributed by atoms with E-state index in [-0.39, 0.29) is 0 Å². The number of halogens is 2. The standard InChI is InChI=1S/C23H23Br2NO2S/c1-18-2-12-23(13-3-18)29(27,28)26(16-21-8-4-19(14-24)5-9-21)17-22-10-6-20(15-25)7-11-22/h2-13H,14-17H2,1H3. The number of aryl methyl sites for hydroxylation is 1. The lowest BCUT2D eigenvalue weighted by Crippen LogP contribution is -2.30. The van der Waals surface area contributed by atoms with Gasteiger partial charge in [-0.15, -0.1) is 0 Å². The maximum atomic E-state index is 13.4. The molecule has 0 spiro atoms. The quantitative estimate of drug-likeness (QED) is 0.322. The molecule has 0 fully saturated rings. The Balaban J connectivity index is 1.93. The highest BCUT2D eigenvalue weighted by atomic mass is 79.9. The predicted octanol–water partition coefficient (Wildman–Crippen LogP) is 6.18. The van der Waals surface area contributed by atoms with Crippen molar-refractivity contribution >= 4 is 41.9 Å². The van der Waals surface area contributed by atoms with Gasteiger partial charge in [-0.05, 0) is 41.3 Å². The summed E-state index contributed by atoms with van der Waals surface area (Å²) in [6.07, 6.45) is 0. The summed E-state index contributed by atoms with van der Waals surface area (Å²) >= 11 is 6.89. The van der Waals surface area contributed by atoms with Crippen molar-refractivity contribution in [1.82, 2.24) is 4.31 Å². The van der Waals surface area contributed by atoms with Gasteiger partial charge in [-0.25, -0.2) is 8.42 Å². The van der Waals surface area contributed by atoms with Gasteiger partial charge in [0.15, 0.2) is 0 Å². The van der Waals surface area contributed by atoms with Crippen molar-refractivity contribution < 1.29 is 8.42 Å². The van der Waals surface area contributed by atoms with Gasteiger partial charge in [-0.1, -0.05) is 98.1 Å². The zero-order chi connectivity index (χ0) is 20.9. The average Bonchev–Trinajstić information content (AvgIpc) is 2.74. The van der Waals surface area contributed by atoms with Crippen LogP contribution < -0.4 is 0 Å². The molecule has 3 aromatic rings. The lowest BCUT2D eigenvalue weighted by atomic mass is 10.1. The van der Waals surface area contributed by atoms with Gasteiger partial charge in [0.1, 0.15) is 0 Å². The Hall–Kier alpha value is -1.47. The van der Waals surface area contributed by atoms with E-state index in [4.69, 9.17) is 0 Å². The summed E-state index contributed by atoms with van der Waals surface area (Å²) in [5.41, 5.74) is 5.27. The summed E-state index contributed by atoms with van der Waals surface area (Å²) in [5.74, 6) is 0. The van der Waals surface area contributed by atoms with E-state index in [9.17, 15) is 8.42 Å². The monoisotopic (exact) mass is 535 g/mol. The van der Waals surface area contributed by atoms with Gasteiger partial charge >= 0.3 is 0 Å². The maximum absolute atomic E-state index is 13.4. The lowest BCUT2D eigenvalue weighted by molar-refractivity contribution is 0.401. The molecule has 6 heteroatoms. The summed E-state index contributed by atoms with van der Waals surface area (Å²) in [6.45, 7) is 2.59. The third-order valence-corrected chi connectivity index (χ3v) is 7.83. The fraction of sp³-hybridized carbons (Fsp3) is 0.217. The summed E-state index contributed by atoms with van der Waals surface area (Å²) < 4.78 is 28.4. The number of sulfonamides is 1. The topological polar surface area (TPSA) is 37.4 Å². The molecule has 3 aromatic carbocycles. The van der Waals surface area contributed by atoms with Crippen molar-refractivity contribution in [3.63, 3.8) is 0 Å². The average molecular weight is 537 g/mol. The minimum absolute atomic E-state index is 0.317. The molecule has 3 nitrogen and oxygen atoms in total. The molecular formula is C23H23Br2NO2S. The third kappa shape index (κ3) is 5.79. The first-order valence-corrected chi connectivity index (χ1v) is 12.9. The van der Waals surface area contributed by atoms with Gasteiger partial charge < -0.3 is 0 Å². The molecule has 0 aliphatic rings. The smallest absolute Gasteiger partial charge is 0.207 e. The molecule has 0 aromatic heterocycles. The van der Waals surface area contributed by atoms with Gasteiger partial charge in [-0.3, -0.25) is 0 Å². The van der Waals surface area contributed by atoms with E-state index in [0.717, 1.165) is 38.5 Å². The molecule has 0 aliphatic carbocycles. The number of hydrogen-bond donors (Lipinski definition) is 0. The van der Waals surface area contributed by atoms with Crippen molar-refractivity contribution in [2.24, 2.45) is 0 Å². The van der Waals surface area contributed by atoms with E-state index < -0.39 is 10.0 Å². The molecule has 0 aliphatic heterocycles. The van der Waals surface area contributed by atoms with Crippen molar-refractivity contribution in [3.8, 4) is 0 Å². The molecular weight excluding hydrogens is 514 g/mol. The van der Waals surface area contributed by atoms with Crippen LogP contribution in [0.4, 0.5) is 0 Å². The van der Waals surface area contributed by atoms with E-state index in [1.54, 1.807) is 16.4 Å². The molecule has 0 radical (unpaired) electrons. The van der Waals surface area contributed by atoms with Gasteiger partial charge in [0, 0.05) is 23.7 Å². The van der Waals surface area contributed by atoms with Gasteiger partial charge in [0.25, 0.3) is 0 Å². The van der Waals surface area contributed by atoms with Crippen LogP contribution in [0.25, 0.3) is 0 Å². The molecule has 0 N–H and O–H groups in total. The SMILES string of the molecule is Cc1ccc(S(=O)(=O)N(Cc2ccc(CBr)cc2)Cc2ccc(CBr)cc2)cc1. The third-order valence-electron chi connectivity index (χ3n) is 4.73. The molecule has 0 bridgehead atoms. The molecule has 0 heterocycles. The minimum Gasteiger partial charge on any atom is -0.207 e. The Labute approximate surface area is 190 Å². The second kappa shape index (κ2) is 10.0. The molecule has 0 unspecified atom stereocenters. The van der Waals surface area contributed by atoms with Crippen molar-refractivity contribution in [3.05, 3.63) is 101 Å². The zero-order valence-electron chi connectivity index (χ0n) is 16.2. The van der Waals surface area contributed by atoms with Gasteiger partial charge in [0.05, 0.1) is 4.90 Å². The molecule has 0 amide bonds. The number of alkyl halides is 2. The maximum Gasteiger partial charge on any atom is 0.243 e. The van der Waals surface area contributed by atoms with E-state index in [0.29, 0.717) is 18.0 Å². The van der Waals surface area contributed by atoms with Crippen molar-refractivity contribution in [2.75, 3.05) is 0 Å². The second-order valence-electron chi connectivity index (χ2n) is 6.99. The number of hydrogen-bond acceptors (Lipinski definition) is 2. The number of benzene rings is 3. The molecule has 29 heavy (non-hydrogen) atoms. The van der Waals surface area contributed by atoms with E-state index in [1.807, 2.05) is 67.6 Å². The minimum atomic E-state index is -3.63. The predicted molar refractivity (Wildman–Crippen MR) is 126 cm³/mol. The van der Waals surface area contributed by atoms with Crippen LogP contribution in [-0.2, 0) is 33.8 Å². The van der Waals surface area contributed by atoms with Crippen LogP contribution in [0.15, 0.2) is 77.7 Å². The fourth-order valence-corrected chi connectivity index (χ4v) is 5.12. The first-order chi connectivity index (χ1) is 13.9. The Kier molecular flexibility index (Phi) is 7.68. The summed E-state index contributed by atoms with van der Waals surface area (Å²) in [7, 11) is -3.63. The van der Waals surface area contributed by atoms with Crippen molar-refractivity contribution in [1.29, 1.82) is 0 Å². The molecule has 3 rings (SSSR count). The Bertz CT molecular complexity index is 982. The first kappa shape index (κ1) is 22.2. The number of rotatable bonds is 8. The second-order valence-corrected chi connectivity index (χ2v) is 10.0. The van der Waals surface area contributed by atoms with Crippen LogP contribution in [0.5, 0.6) is 0 Å². The highest BCUT2D eigenvalue weighted by molar-refractivity contribution is 9.08. The van der Waals surface area contributed by atoms with Crippen LogP contribution in [-0.4, -0.2) is 12.7 Å². The van der Waals surface area contributed by atoms with Gasteiger partial charge in [-0.2, -0.15) is 4.31 Å². The fourth-order valence-electron chi connectivity index (χ4n) is 2.96. The molecule has 152 valence electrons. The highest BCUT2D eigenvalue weighted by Gasteiger charge is 2.25. The van der Waals surface area contributed by atoms with Crippen LogP contribution in [0, 0.1) is 6.92 Å².